The van der Waals surface area contributed by atoms with Crippen molar-refractivity contribution in [2.75, 3.05) is 18.7 Å². The lowest BCUT2D eigenvalue weighted by molar-refractivity contribution is -0.119. The Kier molecular flexibility index (Phi) is 4.78. The number of nitrogens with one attached hydrogen (secondary N) is 1. The molecule has 124 valence electrons. The molecule has 1 amide bonds. The van der Waals surface area contributed by atoms with Crippen molar-refractivity contribution in [2.45, 2.75) is 0 Å². The van der Waals surface area contributed by atoms with Crippen LogP contribution in [0.1, 0.15) is 10.4 Å². The molecule has 0 saturated heterocycles. The standard InChI is InChI=1S/C16H11Cl2NO5/c17-9-1-3-11(12(18)5-9)16(21)22-7-15(20)19-10-2-4-13-14(6-10)24-8-23-13/h1-6H,7-8H2,(H,19,20). The van der Waals surface area contributed by atoms with E-state index in [1.165, 1.54) is 18.2 Å². The Labute approximate surface area is 147 Å². The summed E-state index contributed by atoms with van der Waals surface area (Å²) in [7, 11) is 0. The van der Waals surface area contributed by atoms with E-state index in [9.17, 15) is 9.59 Å². The number of hydrogen-bond donors (Lipinski definition) is 1. The van der Waals surface area contributed by atoms with Crippen LogP contribution >= 0.6 is 23.2 Å². The molecule has 2 aromatic carbocycles. The summed E-state index contributed by atoms with van der Waals surface area (Å²) in [5.74, 6) is -0.0562. The molecule has 1 heterocycles. The van der Waals surface area contributed by atoms with E-state index in [1.807, 2.05) is 0 Å². The second-order valence-electron chi connectivity index (χ2n) is 4.82. The summed E-state index contributed by atoms with van der Waals surface area (Å²) in [6, 6.07) is 9.32. The number of carbonyl (C=O) groups is 2. The van der Waals surface area contributed by atoms with Crippen molar-refractivity contribution >= 4 is 40.8 Å². The summed E-state index contributed by atoms with van der Waals surface area (Å²) in [5.41, 5.74) is 0.641. The van der Waals surface area contributed by atoms with Crippen molar-refractivity contribution in [3.05, 3.63) is 52.0 Å². The smallest absolute Gasteiger partial charge is 0.340 e. The Bertz CT molecular complexity index is 809. The molecule has 8 heteroatoms. The van der Waals surface area contributed by atoms with E-state index >= 15 is 0 Å². The molecule has 0 saturated carbocycles. The van der Waals surface area contributed by atoms with Crippen LogP contribution in [0.2, 0.25) is 10.0 Å². The minimum Gasteiger partial charge on any atom is -0.454 e. The molecule has 0 atom stereocenters. The first-order valence-corrected chi connectivity index (χ1v) is 7.60. The van der Waals surface area contributed by atoms with Crippen LogP contribution in [0.15, 0.2) is 36.4 Å². The summed E-state index contributed by atoms with van der Waals surface area (Å²) < 4.78 is 15.3. The maximum Gasteiger partial charge on any atom is 0.340 e. The Hall–Kier alpha value is -2.44. The molecule has 2 aromatic rings. The van der Waals surface area contributed by atoms with Crippen LogP contribution in [-0.4, -0.2) is 25.3 Å². The number of rotatable bonds is 4. The molecule has 1 aliphatic heterocycles. The fourth-order valence-corrected chi connectivity index (χ4v) is 2.52. The summed E-state index contributed by atoms with van der Waals surface area (Å²) in [6.45, 7) is -0.307. The molecule has 0 bridgehead atoms. The molecular weight excluding hydrogens is 357 g/mol. The summed E-state index contributed by atoms with van der Waals surface area (Å²) in [5, 5.41) is 3.15. The first kappa shape index (κ1) is 16.4. The molecule has 0 aliphatic carbocycles. The zero-order valence-corrected chi connectivity index (χ0v) is 13.7. The molecule has 3 rings (SSSR count). The highest BCUT2D eigenvalue weighted by atomic mass is 35.5. The number of ether oxygens (including phenoxy) is 3. The normalized spacial score (nSPS) is 11.9. The number of esters is 1. The van der Waals surface area contributed by atoms with Crippen molar-refractivity contribution in [3.8, 4) is 11.5 Å². The van der Waals surface area contributed by atoms with Gasteiger partial charge in [-0.1, -0.05) is 23.2 Å². The lowest BCUT2D eigenvalue weighted by atomic mass is 10.2. The Morgan fingerprint density at radius 2 is 1.88 bits per heavy atom. The van der Waals surface area contributed by atoms with E-state index in [4.69, 9.17) is 37.4 Å². The Balaban J connectivity index is 1.56. The van der Waals surface area contributed by atoms with Crippen molar-refractivity contribution in [2.24, 2.45) is 0 Å². The average molecular weight is 368 g/mol. The quantitative estimate of drug-likeness (QED) is 0.836. The SMILES string of the molecule is O=C(COC(=O)c1ccc(Cl)cc1Cl)Nc1ccc2c(c1)OCO2. The van der Waals surface area contributed by atoms with Crippen LogP contribution in [0.4, 0.5) is 5.69 Å². The van der Waals surface area contributed by atoms with Gasteiger partial charge in [-0.2, -0.15) is 0 Å². The van der Waals surface area contributed by atoms with Gasteiger partial charge in [-0.3, -0.25) is 4.79 Å². The predicted molar refractivity (Wildman–Crippen MR) is 87.9 cm³/mol. The minimum atomic E-state index is -0.711. The second kappa shape index (κ2) is 6.98. The van der Waals surface area contributed by atoms with Crippen LogP contribution in [0.3, 0.4) is 0 Å². The number of carbonyl (C=O) groups excluding carboxylic acids is 2. The van der Waals surface area contributed by atoms with Gasteiger partial charge >= 0.3 is 5.97 Å². The van der Waals surface area contributed by atoms with Crippen LogP contribution in [0.5, 0.6) is 11.5 Å². The maximum absolute atomic E-state index is 11.9. The van der Waals surface area contributed by atoms with Gasteiger partial charge in [0.05, 0.1) is 10.6 Å². The topological polar surface area (TPSA) is 73.9 Å². The van der Waals surface area contributed by atoms with E-state index in [2.05, 4.69) is 5.32 Å². The third kappa shape index (κ3) is 3.72. The lowest BCUT2D eigenvalue weighted by Gasteiger charge is -2.08. The number of anilines is 1. The molecule has 0 unspecified atom stereocenters. The van der Waals surface area contributed by atoms with Crippen LogP contribution in [-0.2, 0) is 9.53 Å². The van der Waals surface area contributed by atoms with Gasteiger partial charge in [0.2, 0.25) is 6.79 Å². The van der Waals surface area contributed by atoms with Crippen molar-refractivity contribution in [1.29, 1.82) is 0 Å². The molecule has 0 radical (unpaired) electrons. The number of halogens is 2. The van der Waals surface area contributed by atoms with Crippen molar-refractivity contribution in [1.82, 2.24) is 0 Å². The molecule has 0 spiro atoms. The third-order valence-corrected chi connectivity index (χ3v) is 3.69. The lowest BCUT2D eigenvalue weighted by Crippen LogP contribution is -2.21. The van der Waals surface area contributed by atoms with E-state index in [0.717, 1.165) is 0 Å². The van der Waals surface area contributed by atoms with Gasteiger partial charge in [-0.05, 0) is 30.3 Å². The molecule has 6 nitrogen and oxygen atoms in total. The summed E-state index contributed by atoms with van der Waals surface area (Å²) in [6.07, 6.45) is 0. The zero-order valence-electron chi connectivity index (χ0n) is 12.2. The van der Waals surface area contributed by atoms with E-state index in [1.54, 1.807) is 18.2 Å². The Morgan fingerprint density at radius 1 is 1.08 bits per heavy atom. The van der Waals surface area contributed by atoms with Gasteiger partial charge < -0.3 is 19.5 Å². The molecule has 1 N–H and O–H groups in total. The van der Waals surface area contributed by atoms with Crippen LogP contribution in [0.25, 0.3) is 0 Å². The Morgan fingerprint density at radius 3 is 2.67 bits per heavy atom. The van der Waals surface area contributed by atoms with Gasteiger partial charge in [0.15, 0.2) is 18.1 Å². The average Bonchev–Trinajstić information content (AvgIpc) is 3.00. The van der Waals surface area contributed by atoms with Gasteiger partial charge in [0.25, 0.3) is 5.91 Å². The van der Waals surface area contributed by atoms with Gasteiger partial charge in [0, 0.05) is 16.8 Å². The number of hydrogen-bond acceptors (Lipinski definition) is 5. The fourth-order valence-electron chi connectivity index (χ4n) is 2.04. The first-order valence-electron chi connectivity index (χ1n) is 6.84. The van der Waals surface area contributed by atoms with Gasteiger partial charge in [-0.15, -0.1) is 0 Å². The minimum absolute atomic E-state index is 0.136. The first-order chi connectivity index (χ1) is 11.5. The van der Waals surface area contributed by atoms with Crippen molar-refractivity contribution in [3.63, 3.8) is 0 Å². The summed E-state index contributed by atoms with van der Waals surface area (Å²) in [4.78, 5) is 23.8. The van der Waals surface area contributed by atoms with Crippen molar-refractivity contribution < 1.29 is 23.8 Å². The molecular formula is C16H11Cl2NO5. The summed E-state index contributed by atoms with van der Waals surface area (Å²) >= 11 is 11.7. The third-order valence-electron chi connectivity index (χ3n) is 3.14. The maximum atomic E-state index is 11.9. The van der Waals surface area contributed by atoms with E-state index in [0.29, 0.717) is 22.2 Å². The number of benzene rings is 2. The zero-order chi connectivity index (χ0) is 17.1. The van der Waals surface area contributed by atoms with Crippen LogP contribution < -0.4 is 14.8 Å². The van der Waals surface area contributed by atoms with Gasteiger partial charge in [0.1, 0.15) is 0 Å². The van der Waals surface area contributed by atoms with Gasteiger partial charge in [-0.25, -0.2) is 4.79 Å². The molecule has 1 aliphatic rings. The number of fused-ring (bicyclic) bond motifs is 1. The van der Waals surface area contributed by atoms with E-state index < -0.39 is 18.5 Å². The highest BCUT2D eigenvalue weighted by molar-refractivity contribution is 6.36. The van der Waals surface area contributed by atoms with E-state index in [-0.39, 0.29) is 17.4 Å². The highest BCUT2D eigenvalue weighted by Crippen LogP contribution is 2.34. The molecule has 0 aromatic heterocycles. The van der Waals surface area contributed by atoms with Crippen LogP contribution in [0, 0.1) is 0 Å². The molecule has 24 heavy (non-hydrogen) atoms. The monoisotopic (exact) mass is 367 g/mol. The largest absolute Gasteiger partial charge is 0.454 e. The molecule has 0 fully saturated rings. The highest BCUT2D eigenvalue weighted by Gasteiger charge is 2.16. The second-order valence-corrected chi connectivity index (χ2v) is 5.66. The fraction of sp³-hybridized carbons (Fsp3) is 0.125. The predicted octanol–water partition coefficient (Wildman–Crippen LogP) is 3.52. The number of amides is 1.